The summed E-state index contributed by atoms with van der Waals surface area (Å²) in [6.07, 6.45) is 3.07. The van der Waals surface area contributed by atoms with Gasteiger partial charge in [0, 0.05) is 38.5 Å². The molecule has 0 saturated carbocycles. The van der Waals surface area contributed by atoms with Crippen molar-refractivity contribution in [2.24, 2.45) is 0 Å². The predicted molar refractivity (Wildman–Crippen MR) is 65.6 cm³/mol. The second-order valence-corrected chi connectivity index (χ2v) is 5.56. The van der Waals surface area contributed by atoms with Gasteiger partial charge in [0.1, 0.15) is 0 Å². The zero-order chi connectivity index (χ0) is 13.2. The molecule has 0 aromatic carbocycles. The average molecular weight is 260 g/mol. The fraction of sp³-hybridized carbons (Fsp3) is 0.923. The van der Waals surface area contributed by atoms with Crippen molar-refractivity contribution in [3.05, 3.63) is 0 Å². The highest BCUT2D eigenvalue weighted by molar-refractivity contribution is 5.78. The molecule has 1 amide bonds. The number of alkyl halides is 2. The first kappa shape index (κ1) is 13.7. The summed E-state index contributed by atoms with van der Waals surface area (Å²) in [5.74, 6) is -2.43. The van der Waals surface area contributed by atoms with E-state index in [-0.39, 0.29) is 18.7 Å². The van der Waals surface area contributed by atoms with Crippen LogP contribution in [0.2, 0.25) is 0 Å². The van der Waals surface area contributed by atoms with Crippen LogP contribution in [0.1, 0.15) is 39.0 Å². The standard InChI is InChI=1S/C13H22F2N2O/c1-11-4-2-3-7-17(11)12(18)10-16-8-5-13(14,15)6-9-16/h11H,2-10H2,1H3. The van der Waals surface area contributed by atoms with Crippen LogP contribution in [0, 0.1) is 0 Å². The summed E-state index contributed by atoms with van der Waals surface area (Å²) in [6.45, 7) is 3.87. The molecule has 0 radical (unpaired) electrons. The Hall–Kier alpha value is -0.710. The Morgan fingerprint density at radius 2 is 1.89 bits per heavy atom. The van der Waals surface area contributed by atoms with Gasteiger partial charge in [0.25, 0.3) is 5.92 Å². The molecule has 2 aliphatic rings. The van der Waals surface area contributed by atoms with E-state index in [1.54, 1.807) is 0 Å². The number of amides is 1. The number of hydrogen-bond donors (Lipinski definition) is 0. The largest absolute Gasteiger partial charge is 0.339 e. The molecule has 3 nitrogen and oxygen atoms in total. The van der Waals surface area contributed by atoms with E-state index in [1.165, 1.54) is 6.42 Å². The van der Waals surface area contributed by atoms with Gasteiger partial charge in [-0.05, 0) is 26.2 Å². The van der Waals surface area contributed by atoms with Gasteiger partial charge < -0.3 is 4.90 Å². The van der Waals surface area contributed by atoms with Crippen LogP contribution in [-0.4, -0.2) is 53.9 Å². The maximum atomic E-state index is 13.0. The van der Waals surface area contributed by atoms with Crippen molar-refractivity contribution in [1.29, 1.82) is 0 Å². The second-order valence-electron chi connectivity index (χ2n) is 5.56. The topological polar surface area (TPSA) is 23.6 Å². The van der Waals surface area contributed by atoms with Crippen molar-refractivity contribution in [3.63, 3.8) is 0 Å². The van der Waals surface area contributed by atoms with Crippen LogP contribution < -0.4 is 0 Å². The summed E-state index contributed by atoms with van der Waals surface area (Å²) in [6, 6.07) is 0.303. The number of rotatable bonds is 2. The SMILES string of the molecule is CC1CCCCN1C(=O)CN1CCC(F)(F)CC1. The van der Waals surface area contributed by atoms with Crippen LogP contribution in [0.25, 0.3) is 0 Å². The molecule has 2 saturated heterocycles. The van der Waals surface area contributed by atoms with E-state index < -0.39 is 5.92 Å². The van der Waals surface area contributed by atoms with Crippen molar-refractivity contribution in [2.75, 3.05) is 26.2 Å². The Morgan fingerprint density at radius 1 is 1.22 bits per heavy atom. The van der Waals surface area contributed by atoms with E-state index in [0.717, 1.165) is 19.4 Å². The molecule has 0 spiro atoms. The minimum Gasteiger partial charge on any atom is -0.339 e. The van der Waals surface area contributed by atoms with Gasteiger partial charge in [-0.25, -0.2) is 8.78 Å². The number of nitrogens with zero attached hydrogens (tertiary/aromatic N) is 2. The lowest BCUT2D eigenvalue weighted by Crippen LogP contribution is -2.49. The van der Waals surface area contributed by atoms with Crippen LogP contribution in [-0.2, 0) is 4.79 Å². The Kier molecular flexibility index (Phi) is 4.20. The highest BCUT2D eigenvalue weighted by Crippen LogP contribution is 2.27. The van der Waals surface area contributed by atoms with Crippen LogP contribution in [0.4, 0.5) is 8.78 Å². The third kappa shape index (κ3) is 3.40. The molecule has 2 fully saturated rings. The third-order valence-electron chi connectivity index (χ3n) is 4.07. The maximum Gasteiger partial charge on any atom is 0.250 e. The van der Waals surface area contributed by atoms with E-state index in [9.17, 15) is 13.6 Å². The van der Waals surface area contributed by atoms with Crippen LogP contribution in [0.5, 0.6) is 0 Å². The first-order valence-corrected chi connectivity index (χ1v) is 6.88. The fourth-order valence-corrected chi connectivity index (χ4v) is 2.79. The molecule has 0 bridgehead atoms. The van der Waals surface area contributed by atoms with Crippen molar-refractivity contribution < 1.29 is 13.6 Å². The molecule has 2 heterocycles. The summed E-state index contributed by atoms with van der Waals surface area (Å²) in [5.41, 5.74) is 0. The molecule has 0 aliphatic carbocycles. The molecule has 0 aromatic heterocycles. The van der Waals surface area contributed by atoms with Gasteiger partial charge in [0.2, 0.25) is 5.91 Å². The summed E-state index contributed by atoms with van der Waals surface area (Å²) in [7, 11) is 0. The van der Waals surface area contributed by atoms with Gasteiger partial charge >= 0.3 is 0 Å². The molecular formula is C13H22F2N2O. The molecule has 1 atom stereocenters. The zero-order valence-electron chi connectivity index (χ0n) is 11.0. The molecule has 0 aromatic rings. The van der Waals surface area contributed by atoms with E-state index in [2.05, 4.69) is 6.92 Å². The Balaban J connectivity index is 1.81. The number of hydrogen-bond acceptors (Lipinski definition) is 2. The lowest BCUT2D eigenvalue weighted by Gasteiger charge is -2.37. The molecule has 1 unspecified atom stereocenters. The molecule has 18 heavy (non-hydrogen) atoms. The summed E-state index contributed by atoms with van der Waals surface area (Å²) >= 11 is 0. The molecule has 104 valence electrons. The van der Waals surface area contributed by atoms with Crippen LogP contribution in [0.3, 0.4) is 0 Å². The van der Waals surface area contributed by atoms with Crippen molar-refractivity contribution in [1.82, 2.24) is 9.80 Å². The maximum absolute atomic E-state index is 13.0. The zero-order valence-corrected chi connectivity index (χ0v) is 11.0. The second kappa shape index (κ2) is 5.51. The fourth-order valence-electron chi connectivity index (χ4n) is 2.79. The summed E-state index contributed by atoms with van der Waals surface area (Å²) in [5, 5.41) is 0. The van der Waals surface area contributed by atoms with Crippen molar-refractivity contribution in [2.45, 2.75) is 51.0 Å². The monoisotopic (exact) mass is 260 g/mol. The molecule has 2 aliphatic heterocycles. The van der Waals surface area contributed by atoms with Crippen molar-refractivity contribution in [3.8, 4) is 0 Å². The summed E-state index contributed by atoms with van der Waals surface area (Å²) in [4.78, 5) is 15.9. The molecular weight excluding hydrogens is 238 g/mol. The van der Waals surface area contributed by atoms with Gasteiger partial charge in [-0.15, -0.1) is 0 Å². The van der Waals surface area contributed by atoms with E-state index in [1.807, 2.05) is 9.80 Å². The van der Waals surface area contributed by atoms with E-state index >= 15 is 0 Å². The van der Waals surface area contributed by atoms with Gasteiger partial charge in [-0.2, -0.15) is 0 Å². The highest BCUT2D eigenvalue weighted by atomic mass is 19.3. The number of halogens is 2. The average Bonchev–Trinajstić information content (AvgIpc) is 2.32. The number of carbonyl (C=O) groups excluding carboxylic acids is 1. The van der Waals surface area contributed by atoms with E-state index in [4.69, 9.17) is 0 Å². The van der Waals surface area contributed by atoms with Gasteiger partial charge in [-0.3, -0.25) is 9.69 Å². The lowest BCUT2D eigenvalue weighted by atomic mass is 10.0. The quantitative estimate of drug-likeness (QED) is 0.759. The van der Waals surface area contributed by atoms with Crippen LogP contribution >= 0.6 is 0 Å². The first-order chi connectivity index (χ1) is 8.48. The van der Waals surface area contributed by atoms with Gasteiger partial charge in [0.05, 0.1) is 6.54 Å². The Morgan fingerprint density at radius 3 is 2.50 bits per heavy atom. The minimum atomic E-state index is -2.53. The molecule has 0 N–H and O–H groups in total. The number of carbonyl (C=O) groups is 1. The number of piperidine rings is 2. The minimum absolute atomic E-state index is 0.104. The first-order valence-electron chi connectivity index (χ1n) is 6.88. The van der Waals surface area contributed by atoms with Crippen LogP contribution in [0.15, 0.2) is 0 Å². The molecule has 5 heteroatoms. The Labute approximate surface area is 107 Å². The normalized spacial score (nSPS) is 29.3. The van der Waals surface area contributed by atoms with Crippen molar-refractivity contribution >= 4 is 5.91 Å². The lowest BCUT2D eigenvalue weighted by molar-refractivity contribution is -0.137. The third-order valence-corrected chi connectivity index (χ3v) is 4.07. The van der Waals surface area contributed by atoms with E-state index in [0.29, 0.717) is 25.7 Å². The van der Waals surface area contributed by atoms with Gasteiger partial charge in [-0.1, -0.05) is 0 Å². The predicted octanol–water partition coefficient (Wildman–Crippen LogP) is 2.12. The highest BCUT2D eigenvalue weighted by Gasteiger charge is 2.35. The summed E-state index contributed by atoms with van der Waals surface area (Å²) < 4.78 is 26.0. The molecule has 2 rings (SSSR count). The Bertz CT molecular complexity index is 299. The van der Waals surface area contributed by atoms with Gasteiger partial charge in [0.15, 0.2) is 0 Å². The number of likely N-dealkylation sites (tertiary alicyclic amines) is 2. The smallest absolute Gasteiger partial charge is 0.250 e.